The Kier molecular flexibility index (Phi) is 45.6. The van der Waals surface area contributed by atoms with E-state index in [1.165, 1.54) is 12.2 Å². The Morgan fingerprint density at radius 2 is 1.16 bits per heavy atom. The molecule has 3 rings (SSSR count). The van der Waals surface area contributed by atoms with E-state index in [4.69, 9.17) is 58.5 Å². The van der Waals surface area contributed by atoms with Crippen LogP contribution in [-0.4, -0.2) is 235 Å². The van der Waals surface area contributed by atoms with Crippen molar-refractivity contribution >= 4 is 41.3 Å². The monoisotopic (exact) mass is 1240 g/mol. The number of para-hydroxylation sites is 1. The Hall–Kier alpha value is -5.53. The third kappa shape index (κ3) is 37.5. The van der Waals surface area contributed by atoms with Gasteiger partial charge in [-0.3, -0.25) is 39.5 Å². The van der Waals surface area contributed by atoms with Gasteiger partial charge in [-0.2, -0.15) is 0 Å². The number of benzene rings is 2. The fraction of sp³-hybridized carbons (Fsp3) is 0.646. The lowest BCUT2D eigenvalue weighted by molar-refractivity contribution is -0.137. The van der Waals surface area contributed by atoms with Crippen LogP contribution < -0.4 is 20.9 Å². The molecule has 0 saturated carbocycles. The van der Waals surface area contributed by atoms with Crippen molar-refractivity contribution in [3.8, 4) is 12.3 Å². The first-order valence-corrected chi connectivity index (χ1v) is 31.2. The van der Waals surface area contributed by atoms with Crippen LogP contribution >= 0.6 is 0 Å². The van der Waals surface area contributed by atoms with Crippen LogP contribution in [0.1, 0.15) is 87.8 Å². The molecule has 1 aliphatic rings. The topological polar surface area (TPSA) is 253 Å². The fourth-order valence-corrected chi connectivity index (χ4v) is 8.62. The zero-order chi connectivity index (χ0) is 63.3. The highest BCUT2D eigenvalue weighted by molar-refractivity contribution is 6.13. The van der Waals surface area contributed by atoms with Crippen LogP contribution in [-0.2, 0) is 82.6 Å². The lowest BCUT2D eigenvalue weighted by Gasteiger charge is -2.26. The summed E-state index contributed by atoms with van der Waals surface area (Å²) >= 11 is 0. The molecule has 1 heterocycles. The number of hydrogen-bond acceptors (Lipinski definition) is 19. The number of ether oxygens (including phenoxy) is 11. The molecule has 0 aromatic heterocycles. The summed E-state index contributed by atoms with van der Waals surface area (Å²) in [4.78, 5) is 66.6. The van der Waals surface area contributed by atoms with Gasteiger partial charge < -0.3 is 72.3 Å². The third-order valence-electron chi connectivity index (χ3n) is 13.6. The first-order valence-electron chi connectivity index (χ1n) is 31.2. The molecule has 4 N–H and O–H groups in total. The number of carbonyl (C=O) groups excluding carboxylic acids is 5. The smallest absolute Gasteiger partial charge is 0.253 e. The van der Waals surface area contributed by atoms with Gasteiger partial charge in [-0.25, -0.2) is 0 Å². The fourth-order valence-electron chi connectivity index (χ4n) is 8.62. The number of nitrogens with zero attached hydrogens (tertiary/aromatic N) is 3. The second-order valence-corrected chi connectivity index (χ2v) is 20.4. The first-order chi connectivity index (χ1) is 43.1. The van der Waals surface area contributed by atoms with Crippen LogP contribution in [0.3, 0.4) is 0 Å². The van der Waals surface area contributed by atoms with Crippen LogP contribution in [0.25, 0.3) is 6.08 Å². The number of aliphatic hydroxyl groups excluding tert-OH is 1. The predicted molar refractivity (Wildman–Crippen MR) is 335 cm³/mol. The molecule has 0 spiro atoms. The molecule has 0 fully saturated rings. The molecule has 0 bridgehead atoms. The van der Waals surface area contributed by atoms with Crippen molar-refractivity contribution in [3.63, 3.8) is 0 Å². The summed E-state index contributed by atoms with van der Waals surface area (Å²) in [6.07, 6.45) is 15.4. The van der Waals surface area contributed by atoms with Gasteiger partial charge in [-0.1, -0.05) is 74.9 Å². The normalized spacial score (nSPS) is 12.8. The largest absolute Gasteiger partial charge is 0.379 e. The van der Waals surface area contributed by atoms with E-state index in [9.17, 15) is 29.1 Å². The summed E-state index contributed by atoms with van der Waals surface area (Å²) in [5.74, 6) is 1.38. The lowest BCUT2D eigenvalue weighted by atomic mass is 10.1. The average molecular weight is 1240 g/mol. The standard InChI is InChI=1S/C65H102N6O17/c1-5-8-10-19-58(18-9-6-2)88-54-66-27-34-79-40-46-85-49-43-82-37-31-69(62(74)26-33-78-39-45-84-51-52-87-48-42-81-36-29-68-61(73)25-30-70-63(75)23-24-64(70)76)32-38-83-44-50-86-47-41-80-35-28-67-60(72)21-22-65(77)71(53-57-17-12-11-15-55(57)4)59-20-14-13-16-56(59)7-3/h1,7,11-17,20,23-24,58,60,66-67,72H,3,6,8-10,18-19,21-22,25-54H2,2,4H3,(H,68,73)/t58-,60?/m0/s1. The van der Waals surface area contributed by atoms with Crippen molar-refractivity contribution < 1.29 is 81.2 Å². The van der Waals surface area contributed by atoms with E-state index >= 15 is 0 Å². The van der Waals surface area contributed by atoms with E-state index < -0.39 is 18.0 Å². The van der Waals surface area contributed by atoms with Gasteiger partial charge >= 0.3 is 0 Å². The average Bonchev–Trinajstić information content (AvgIpc) is 2.93. The maximum absolute atomic E-state index is 13.6. The number of nitrogens with one attached hydrogen (secondary N) is 3. The Bertz CT molecular complexity index is 2250. The van der Waals surface area contributed by atoms with Gasteiger partial charge in [-0.05, 0) is 55.4 Å². The molecule has 5 amide bonds. The molecule has 0 radical (unpaired) electrons. The van der Waals surface area contributed by atoms with E-state index in [0.29, 0.717) is 158 Å². The maximum atomic E-state index is 13.6. The number of anilines is 1. The third-order valence-corrected chi connectivity index (χ3v) is 13.6. The Balaban J connectivity index is 1.24. The molecule has 2 aromatic rings. The Labute approximate surface area is 522 Å². The Morgan fingerprint density at radius 3 is 1.74 bits per heavy atom. The van der Waals surface area contributed by atoms with Crippen LogP contribution in [0.4, 0.5) is 5.69 Å². The van der Waals surface area contributed by atoms with Crippen LogP contribution in [0, 0.1) is 19.3 Å². The Morgan fingerprint density at radius 1 is 0.636 bits per heavy atom. The van der Waals surface area contributed by atoms with Gasteiger partial charge in [0, 0.05) is 70.7 Å². The molecule has 2 aromatic carbocycles. The van der Waals surface area contributed by atoms with Crippen LogP contribution in [0.15, 0.2) is 67.3 Å². The zero-order valence-corrected chi connectivity index (χ0v) is 52.5. The molecule has 2 atom stereocenters. The number of hydrogen-bond donors (Lipinski definition) is 4. The number of rotatable bonds is 59. The highest BCUT2D eigenvalue weighted by Crippen LogP contribution is 2.26. The van der Waals surface area contributed by atoms with Gasteiger partial charge in [0.25, 0.3) is 11.8 Å². The minimum Gasteiger partial charge on any atom is -0.379 e. The SMILES string of the molecule is C#CCCC[C@H](CCCC)OCNCCOCCOCCOCCN(CCOCCOCCOCCNC(O)CCC(=O)N(Cc1ccccc1C)c1ccccc1C=C)C(=O)CCOCCOCCOCCOCCNC(=O)CCN1C(=O)C=CC1=O. The first kappa shape index (κ1) is 76.7. The predicted octanol–water partition coefficient (Wildman–Crippen LogP) is 4.60. The highest BCUT2D eigenvalue weighted by Gasteiger charge is 2.24. The van der Waals surface area contributed by atoms with Crippen molar-refractivity contribution in [1.29, 1.82) is 0 Å². The maximum Gasteiger partial charge on any atom is 0.253 e. The lowest BCUT2D eigenvalue weighted by Crippen LogP contribution is -2.37. The number of amides is 5. The van der Waals surface area contributed by atoms with Crippen molar-refractivity contribution in [2.75, 3.05) is 183 Å². The molecular formula is C65H102N6O17. The van der Waals surface area contributed by atoms with Crippen LogP contribution in [0.2, 0.25) is 0 Å². The summed E-state index contributed by atoms with van der Waals surface area (Å²) in [7, 11) is 0. The van der Waals surface area contributed by atoms with Crippen molar-refractivity contribution in [1.82, 2.24) is 25.8 Å². The number of aryl methyl sites for hydroxylation is 1. The number of terminal acetylenes is 1. The number of carbonyl (C=O) groups is 5. The summed E-state index contributed by atoms with van der Waals surface area (Å²) in [6.45, 7) is 18.1. The number of unbranched alkanes of at least 4 members (excludes halogenated alkanes) is 2. The highest BCUT2D eigenvalue weighted by atomic mass is 16.6. The molecule has 23 heteroatoms. The van der Waals surface area contributed by atoms with Gasteiger partial charge in [0.05, 0.1) is 164 Å². The number of imide groups is 1. The van der Waals surface area contributed by atoms with Crippen LogP contribution in [0.5, 0.6) is 0 Å². The molecule has 88 heavy (non-hydrogen) atoms. The molecule has 494 valence electrons. The van der Waals surface area contributed by atoms with E-state index in [-0.39, 0.29) is 75.8 Å². The summed E-state index contributed by atoms with van der Waals surface area (Å²) in [5.41, 5.74) is 3.77. The van der Waals surface area contributed by atoms with E-state index in [1.54, 1.807) is 15.9 Å². The zero-order valence-electron chi connectivity index (χ0n) is 52.5. The van der Waals surface area contributed by atoms with Gasteiger partial charge in [0.15, 0.2) is 0 Å². The molecular weight excluding hydrogens is 1140 g/mol. The second kappa shape index (κ2) is 52.3. The summed E-state index contributed by atoms with van der Waals surface area (Å²) in [5, 5.41) is 19.6. The van der Waals surface area contributed by atoms with E-state index in [1.807, 2.05) is 55.5 Å². The van der Waals surface area contributed by atoms with Crippen molar-refractivity contribution in [2.45, 2.75) is 96.9 Å². The van der Waals surface area contributed by atoms with E-state index in [2.05, 4.69) is 35.4 Å². The summed E-state index contributed by atoms with van der Waals surface area (Å²) in [6, 6.07) is 15.6. The molecule has 0 saturated heterocycles. The van der Waals surface area contributed by atoms with Gasteiger partial charge in [-0.15, -0.1) is 12.3 Å². The quantitative estimate of drug-likeness (QED) is 0.0306. The molecule has 1 aliphatic heterocycles. The van der Waals surface area contributed by atoms with E-state index in [0.717, 1.165) is 65.8 Å². The summed E-state index contributed by atoms with van der Waals surface area (Å²) < 4.78 is 62.6. The van der Waals surface area contributed by atoms with Crippen molar-refractivity contribution in [3.05, 3.63) is 84.0 Å². The number of aliphatic hydroxyl groups is 1. The second-order valence-electron chi connectivity index (χ2n) is 20.4. The van der Waals surface area contributed by atoms with Gasteiger partial charge in [0.2, 0.25) is 17.7 Å². The molecule has 0 aliphatic carbocycles. The van der Waals surface area contributed by atoms with Gasteiger partial charge in [0.1, 0.15) is 6.23 Å². The minimum atomic E-state index is -0.887. The molecule has 1 unspecified atom stereocenters. The van der Waals surface area contributed by atoms with Crippen molar-refractivity contribution in [2.24, 2.45) is 0 Å². The molecule has 23 nitrogen and oxygen atoms in total. The minimum absolute atomic E-state index is 0.0200.